The molecule has 0 bridgehead atoms. The fourth-order valence-electron chi connectivity index (χ4n) is 3.25. The van der Waals surface area contributed by atoms with Crippen molar-refractivity contribution in [1.82, 2.24) is 15.0 Å². The quantitative estimate of drug-likeness (QED) is 0.192. The third kappa shape index (κ3) is 5.87. The van der Waals surface area contributed by atoms with E-state index in [4.69, 9.17) is 0 Å². The number of rotatable bonds is 7. The van der Waals surface area contributed by atoms with Gasteiger partial charge in [0.25, 0.3) is 5.69 Å². The maximum absolute atomic E-state index is 10.9. The first-order chi connectivity index (χ1) is 15.6. The summed E-state index contributed by atoms with van der Waals surface area (Å²) in [6, 6.07) is 14.0. The number of aromatic nitrogens is 3. The number of benzene rings is 2. The number of hydrazone groups is 1. The second-order valence-corrected chi connectivity index (χ2v) is 8.43. The fourth-order valence-corrected chi connectivity index (χ4v) is 3.82. The maximum Gasteiger partial charge on any atom is 0.269 e. The first-order valence-corrected chi connectivity index (χ1v) is 11.2. The summed E-state index contributed by atoms with van der Waals surface area (Å²) in [5.74, 6) is 1.21. The van der Waals surface area contributed by atoms with Gasteiger partial charge in [-0.2, -0.15) is 20.1 Å². The van der Waals surface area contributed by atoms with Gasteiger partial charge in [0.2, 0.25) is 17.8 Å². The van der Waals surface area contributed by atoms with Gasteiger partial charge in [-0.25, -0.2) is 5.43 Å². The van der Waals surface area contributed by atoms with Crippen LogP contribution in [0.25, 0.3) is 0 Å². The predicted molar refractivity (Wildman–Crippen MR) is 133 cm³/mol. The van der Waals surface area contributed by atoms with Crippen LogP contribution in [0.3, 0.4) is 0 Å². The molecule has 2 N–H and O–H groups in total. The van der Waals surface area contributed by atoms with Gasteiger partial charge in [0.1, 0.15) is 0 Å². The van der Waals surface area contributed by atoms with Crippen LogP contribution in [0.4, 0.5) is 29.2 Å². The number of hydrogen-bond donors (Lipinski definition) is 2. The molecule has 1 aliphatic heterocycles. The van der Waals surface area contributed by atoms with Crippen LogP contribution in [0, 0.1) is 13.7 Å². The molecule has 1 fully saturated rings. The van der Waals surface area contributed by atoms with Crippen LogP contribution in [0.5, 0.6) is 0 Å². The van der Waals surface area contributed by atoms with Crippen LogP contribution in [0.2, 0.25) is 0 Å². The van der Waals surface area contributed by atoms with Gasteiger partial charge in [-0.3, -0.25) is 10.1 Å². The average molecular weight is 544 g/mol. The molecule has 4 rings (SSSR count). The van der Waals surface area contributed by atoms with E-state index in [9.17, 15) is 10.1 Å². The number of nitrogens with one attached hydrogen (secondary N) is 2. The smallest absolute Gasteiger partial charge is 0.269 e. The lowest BCUT2D eigenvalue weighted by molar-refractivity contribution is -0.384. The Hall–Kier alpha value is -3.35. The lowest BCUT2D eigenvalue weighted by Crippen LogP contribution is -2.31. The molecule has 1 aromatic heterocycles. The van der Waals surface area contributed by atoms with Gasteiger partial charge in [0.15, 0.2) is 0 Å². The first kappa shape index (κ1) is 21.9. The van der Waals surface area contributed by atoms with Crippen molar-refractivity contribution in [3.8, 4) is 0 Å². The highest BCUT2D eigenvalue weighted by Crippen LogP contribution is 2.22. The minimum absolute atomic E-state index is 0.0208. The molecule has 10 nitrogen and oxygen atoms in total. The van der Waals surface area contributed by atoms with Gasteiger partial charge >= 0.3 is 0 Å². The summed E-state index contributed by atoms with van der Waals surface area (Å²) in [4.78, 5) is 26.1. The summed E-state index contributed by atoms with van der Waals surface area (Å²) < 4.78 is 1.12. The van der Waals surface area contributed by atoms with E-state index >= 15 is 0 Å². The minimum Gasteiger partial charge on any atom is -0.341 e. The molecule has 1 saturated heterocycles. The van der Waals surface area contributed by atoms with Crippen molar-refractivity contribution in [2.45, 2.75) is 19.3 Å². The molecule has 2 aromatic carbocycles. The average Bonchev–Trinajstić information content (AvgIpc) is 2.80. The van der Waals surface area contributed by atoms with Crippen LogP contribution in [0.15, 0.2) is 53.6 Å². The number of nitrogens with zero attached hydrogens (tertiary/aromatic N) is 6. The molecule has 0 aliphatic carbocycles. The number of nitro groups is 1. The van der Waals surface area contributed by atoms with Gasteiger partial charge in [-0.15, -0.1) is 0 Å². The Labute approximate surface area is 198 Å². The van der Waals surface area contributed by atoms with E-state index in [1.807, 2.05) is 24.3 Å². The van der Waals surface area contributed by atoms with E-state index in [1.54, 1.807) is 18.3 Å². The Balaban J connectivity index is 1.56. The van der Waals surface area contributed by atoms with Gasteiger partial charge < -0.3 is 10.2 Å². The van der Waals surface area contributed by atoms with Crippen molar-refractivity contribution < 1.29 is 4.92 Å². The van der Waals surface area contributed by atoms with Gasteiger partial charge in [-0.1, -0.05) is 12.1 Å². The fraction of sp³-hybridized carbons (Fsp3) is 0.238. The SMILES string of the molecule is O=[N+]([O-])c1ccc(Nc2nc(NN=Cc3cccc(I)c3)nc(N3CCCCC3)n2)cc1. The molecule has 3 aromatic rings. The summed E-state index contributed by atoms with van der Waals surface area (Å²) in [6.45, 7) is 1.76. The summed E-state index contributed by atoms with van der Waals surface area (Å²) in [7, 11) is 0. The van der Waals surface area contributed by atoms with Crippen molar-refractivity contribution in [3.63, 3.8) is 0 Å². The second-order valence-electron chi connectivity index (χ2n) is 7.18. The Morgan fingerprint density at radius 3 is 2.50 bits per heavy atom. The molecule has 164 valence electrons. The van der Waals surface area contributed by atoms with Crippen LogP contribution in [-0.2, 0) is 0 Å². The number of halogens is 1. The lowest BCUT2D eigenvalue weighted by Gasteiger charge is -2.26. The predicted octanol–water partition coefficient (Wildman–Crippen LogP) is 4.56. The molecular formula is C21H21IN8O2. The molecular weight excluding hydrogens is 523 g/mol. The molecule has 0 saturated carbocycles. The molecule has 2 heterocycles. The topological polar surface area (TPSA) is 121 Å². The zero-order valence-electron chi connectivity index (χ0n) is 17.1. The Morgan fingerprint density at radius 2 is 1.78 bits per heavy atom. The Kier molecular flexibility index (Phi) is 7.04. The van der Waals surface area contributed by atoms with E-state index in [2.05, 4.69) is 58.3 Å². The second kappa shape index (κ2) is 10.3. The zero-order valence-corrected chi connectivity index (χ0v) is 19.3. The molecule has 0 radical (unpaired) electrons. The molecule has 11 heteroatoms. The molecule has 0 atom stereocenters. The van der Waals surface area contributed by atoms with E-state index in [0.717, 1.165) is 35.1 Å². The summed E-state index contributed by atoms with van der Waals surface area (Å²) in [5.41, 5.74) is 4.51. The van der Waals surface area contributed by atoms with Crippen molar-refractivity contribution in [2.75, 3.05) is 28.7 Å². The summed E-state index contributed by atoms with van der Waals surface area (Å²) in [5, 5.41) is 18.2. The third-order valence-corrected chi connectivity index (χ3v) is 5.49. The van der Waals surface area contributed by atoms with Crippen LogP contribution >= 0.6 is 22.6 Å². The van der Waals surface area contributed by atoms with E-state index in [0.29, 0.717) is 23.5 Å². The van der Waals surface area contributed by atoms with Crippen LogP contribution in [-0.4, -0.2) is 39.2 Å². The number of piperidine rings is 1. The summed E-state index contributed by atoms with van der Waals surface area (Å²) >= 11 is 2.25. The van der Waals surface area contributed by atoms with E-state index in [1.165, 1.54) is 18.6 Å². The van der Waals surface area contributed by atoms with Crippen LogP contribution in [0.1, 0.15) is 24.8 Å². The van der Waals surface area contributed by atoms with Crippen LogP contribution < -0.4 is 15.6 Å². The Bertz CT molecular complexity index is 1120. The highest BCUT2D eigenvalue weighted by atomic mass is 127. The van der Waals surface area contributed by atoms with Crippen molar-refractivity contribution in [3.05, 3.63) is 67.8 Å². The Morgan fingerprint density at radius 1 is 1.03 bits per heavy atom. The number of anilines is 4. The maximum atomic E-state index is 10.9. The highest BCUT2D eigenvalue weighted by molar-refractivity contribution is 14.1. The van der Waals surface area contributed by atoms with E-state index < -0.39 is 4.92 Å². The molecule has 32 heavy (non-hydrogen) atoms. The van der Waals surface area contributed by atoms with Gasteiger partial charge in [-0.05, 0) is 71.7 Å². The number of non-ortho nitro benzene ring substituents is 1. The molecule has 0 amide bonds. The number of nitro benzene ring substituents is 1. The molecule has 0 unspecified atom stereocenters. The molecule has 0 spiro atoms. The van der Waals surface area contributed by atoms with Gasteiger partial charge in [0, 0.05) is 34.5 Å². The minimum atomic E-state index is -0.436. The van der Waals surface area contributed by atoms with Crippen molar-refractivity contribution in [2.24, 2.45) is 5.10 Å². The third-order valence-electron chi connectivity index (χ3n) is 4.82. The van der Waals surface area contributed by atoms with Crippen molar-refractivity contribution in [1.29, 1.82) is 0 Å². The highest BCUT2D eigenvalue weighted by Gasteiger charge is 2.16. The van der Waals surface area contributed by atoms with Gasteiger partial charge in [0.05, 0.1) is 11.1 Å². The first-order valence-electron chi connectivity index (χ1n) is 10.1. The summed E-state index contributed by atoms with van der Waals surface area (Å²) in [6.07, 6.45) is 5.07. The normalized spacial score (nSPS) is 13.8. The largest absolute Gasteiger partial charge is 0.341 e. The van der Waals surface area contributed by atoms with Crippen molar-refractivity contribution >= 4 is 58.0 Å². The standard InChI is InChI=1S/C21H21IN8O2/c22-16-6-4-5-15(13-16)14-23-28-20-25-19(24-17-7-9-18(10-8-17)30(31)32)26-21(27-20)29-11-2-1-3-12-29/h4-10,13-14H,1-3,11-12H2,(H2,24,25,26,27,28). The zero-order chi connectivity index (χ0) is 22.3. The number of hydrogen-bond acceptors (Lipinski definition) is 9. The lowest BCUT2D eigenvalue weighted by atomic mass is 10.1. The monoisotopic (exact) mass is 544 g/mol. The molecule has 1 aliphatic rings. The van der Waals surface area contributed by atoms with E-state index in [-0.39, 0.29) is 5.69 Å².